The molecule has 7 nitrogen and oxygen atoms in total. The molecule has 0 heterocycles. The number of nitrogens with two attached hydrogens (primary N) is 1. The monoisotopic (exact) mass is 313 g/mol. The molecule has 1 aromatic carbocycles. The Hall–Kier alpha value is -0.330. The standard InChI is InChI=1S/C8H13NO6P2S/c9-7-3-1-2-6(4-7)8(18,17(13,14)15)5-16(10,11)12/h1-4,18H,5,9H2,(H2,10,11,12)(H2,13,14,15). The summed E-state index contributed by atoms with van der Waals surface area (Å²) in [4.78, 5) is 36.5. The molecule has 0 aromatic heterocycles. The fourth-order valence-electron chi connectivity index (χ4n) is 1.43. The quantitative estimate of drug-likeness (QED) is 0.273. The smallest absolute Gasteiger partial charge is 0.346 e. The summed E-state index contributed by atoms with van der Waals surface area (Å²) in [5, 5.41) is 0. The van der Waals surface area contributed by atoms with E-state index in [4.69, 9.17) is 15.5 Å². The maximum Gasteiger partial charge on any atom is 0.346 e. The van der Waals surface area contributed by atoms with Crippen molar-refractivity contribution in [3.8, 4) is 0 Å². The molecule has 1 rings (SSSR count). The minimum atomic E-state index is -4.91. The van der Waals surface area contributed by atoms with Gasteiger partial charge in [0.1, 0.15) is 0 Å². The number of benzene rings is 1. The van der Waals surface area contributed by atoms with Crippen LogP contribution in [-0.4, -0.2) is 25.7 Å². The Morgan fingerprint density at radius 3 is 2.17 bits per heavy atom. The van der Waals surface area contributed by atoms with Crippen LogP contribution in [-0.2, 0) is 13.6 Å². The fraction of sp³-hybridized carbons (Fsp3) is 0.250. The normalized spacial score (nSPS) is 16.3. The molecule has 0 saturated heterocycles. The van der Waals surface area contributed by atoms with E-state index < -0.39 is 25.8 Å². The van der Waals surface area contributed by atoms with Gasteiger partial charge in [0.05, 0.1) is 6.16 Å². The molecule has 1 unspecified atom stereocenters. The van der Waals surface area contributed by atoms with Crippen LogP contribution in [0.4, 0.5) is 5.69 Å². The van der Waals surface area contributed by atoms with Gasteiger partial charge in [0.15, 0.2) is 4.49 Å². The first-order chi connectivity index (χ1) is 7.96. The van der Waals surface area contributed by atoms with E-state index in [-0.39, 0.29) is 11.3 Å². The molecule has 0 bridgehead atoms. The Bertz CT molecular complexity index is 540. The van der Waals surface area contributed by atoms with Gasteiger partial charge in [0.2, 0.25) is 0 Å². The Balaban J connectivity index is 3.39. The van der Waals surface area contributed by atoms with E-state index in [2.05, 4.69) is 12.6 Å². The lowest BCUT2D eigenvalue weighted by atomic mass is 10.1. The van der Waals surface area contributed by atoms with Crippen molar-refractivity contribution < 1.29 is 28.7 Å². The van der Waals surface area contributed by atoms with Gasteiger partial charge in [-0.25, -0.2) is 0 Å². The van der Waals surface area contributed by atoms with E-state index in [1.165, 1.54) is 24.3 Å². The first-order valence-electron chi connectivity index (χ1n) is 4.64. The van der Waals surface area contributed by atoms with Crippen LogP contribution in [0.5, 0.6) is 0 Å². The van der Waals surface area contributed by atoms with Crippen LogP contribution < -0.4 is 5.73 Å². The highest BCUT2D eigenvalue weighted by Crippen LogP contribution is 2.64. The third kappa shape index (κ3) is 3.59. The Labute approximate surface area is 109 Å². The van der Waals surface area contributed by atoms with Gasteiger partial charge in [0.25, 0.3) is 0 Å². The van der Waals surface area contributed by atoms with Gasteiger partial charge < -0.3 is 25.3 Å². The minimum Gasteiger partial charge on any atom is -0.399 e. The third-order valence-corrected chi connectivity index (χ3v) is 6.22. The molecule has 0 spiro atoms. The highest BCUT2D eigenvalue weighted by molar-refractivity contribution is 7.90. The molecule has 0 saturated carbocycles. The summed E-state index contributed by atoms with van der Waals surface area (Å²) in [6.45, 7) is 0. The lowest BCUT2D eigenvalue weighted by Crippen LogP contribution is -2.24. The number of rotatable bonds is 4. The van der Waals surface area contributed by atoms with Gasteiger partial charge in [-0.05, 0) is 17.7 Å². The van der Waals surface area contributed by atoms with Gasteiger partial charge in [0, 0.05) is 5.69 Å². The van der Waals surface area contributed by atoms with E-state index in [0.29, 0.717) is 0 Å². The highest BCUT2D eigenvalue weighted by atomic mass is 32.1. The minimum absolute atomic E-state index is 0.0394. The van der Waals surface area contributed by atoms with Crippen molar-refractivity contribution in [3.63, 3.8) is 0 Å². The zero-order chi connectivity index (χ0) is 14.2. The van der Waals surface area contributed by atoms with E-state index in [9.17, 15) is 18.9 Å². The summed E-state index contributed by atoms with van der Waals surface area (Å²) in [5.41, 5.74) is 5.66. The van der Waals surface area contributed by atoms with Crippen LogP contribution in [0.3, 0.4) is 0 Å². The number of nitrogen functional groups attached to an aromatic ring is 1. The van der Waals surface area contributed by atoms with Crippen molar-refractivity contribution in [1.82, 2.24) is 0 Å². The summed E-state index contributed by atoms with van der Waals surface area (Å²) in [6, 6.07) is 5.43. The molecular weight excluding hydrogens is 300 g/mol. The predicted octanol–water partition coefficient (Wildman–Crippen LogP) is 0.707. The largest absolute Gasteiger partial charge is 0.399 e. The Morgan fingerprint density at radius 2 is 1.78 bits per heavy atom. The molecule has 0 aliphatic heterocycles. The van der Waals surface area contributed by atoms with Crippen LogP contribution >= 0.6 is 27.8 Å². The van der Waals surface area contributed by atoms with Crippen LogP contribution in [0.2, 0.25) is 0 Å². The summed E-state index contributed by atoms with van der Waals surface area (Å²) in [7, 11) is -9.58. The first kappa shape index (κ1) is 15.7. The lowest BCUT2D eigenvalue weighted by molar-refractivity contribution is 0.341. The maximum atomic E-state index is 11.5. The average molecular weight is 313 g/mol. The molecule has 6 N–H and O–H groups in total. The average Bonchev–Trinajstić information content (AvgIpc) is 2.13. The second-order valence-electron chi connectivity index (χ2n) is 3.81. The maximum absolute atomic E-state index is 11.5. The fourth-order valence-corrected chi connectivity index (χ4v) is 4.64. The van der Waals surface area contributed by atoms with Crippen molar-refractivity contribution in [2.24, 2.45) is 0 Å². The van der Waals surface area contributed by atoms with Gasteiger partial charge in [-0.15, -0.1) is 0 Å². The second-order valence-corrected chi connectivity index (χ2v) is 8.42. The molecule has 1 atom stereocenters. The van der Waals surface area contributed by atoms with E-state index in [0.717, 1.165) is 0 Å². The second kappa shape index (κ2) is 4.98. The summed E-state index contributed by atoms with van der Waals surface area (Å²) < 4.78 is 20.2. The molecule has 0 aliphatic carbocycles. The molecule has 0 amide bonds. The molecule has 18 heavy (non-hydrogen) atoms. The third-order valence-electron chi connectivity index (χ3n) is 2.26. The number of hydrogen-bond acceptors (Lipinski definition) is 4. The van der Waals surface area contributed by atoms with Gasteiger partial charge in [-0.3, -0.25) is 9.13 Å². The zero-order valence-electron chi connectivity index (χ0n) is 9.04. The van der Waals surface area contributed by atoms with E-state index >= 15 is 0 Å². The Morgan fingerprint density at radius 1 is 1.22 bits per heavy atom. The topological polar surface area (TPSA) is 141 Å². The number of hydrogen-bond donors (Lipinski definition) is 6. The van der Waals surface area contributed by atoms with Crippen molar-refractivity contribution in [2.75, 3.05) is 11.9 Å². The van der Waals surface area contributed by atoms with Gasteiger partial charge >= 0.3 is 15.2 Å². The number of anilines is 1. The molecule has 0 radical (unpaired) electrons. The predicted molar refractivity (Wildman–Crippen MR) is 70.5 cm³/mol. The first-order valence-corrected chi connectivity index (χ1v) is 8.50. The molecule has 102 valence electrons. The molecular formula is C8H13NO6P2S. The summed E-state index contributed by atoms with van der Waals surface area (Å²) >= 11 is 3.82. The molecule has 0 fully saturated rings. The van der Waals surface area contributed by atoms with Crippen LogP contribution in [0.15, 0.2) is 24.3 Å². The molecule has 10 heteroatoms. The highest BCUT2D eigenvalue weighted by Gasteiger charge is 2.49. The Kier molecular flexibility index (Phi) is 4.35. The zero-order valence-corrected chi connectivity index (χ0v) is 11.7. The van der Waals surface area contributed by atoms with Crippen molar-refractivity contribution in [3.05, 3.63) is 29.8 Å². The van der Waals surface area contributed by atoms with Crippen molar-refractivity contribution in [2.45, 2.75) is 4.49 Å². The van der Waals surface area contributed by atoms with Crippen molar-refractivity contribution >= 4 is 33.5 Å². The van der Waals surface area contributed by atoms with Crippen LogP contribution in [0, 0.1) is 0 Å². The molecule has 1 aromatic rings. The lowest BCUT2D eigenvalue weighted by Gasteiger charge is -2.30. The number of thiol groups is 1. The molecule has 0 aliphatic rings. The van der Waals surface area contributed by atoms with Crippen LogP contribution in [0.1, 0.15) is 5.56 Å². The van der Waals surface area contributed by atoms with Crippen LogP contribution in [0.25, 0.3) is 0 Å². The van der Waals surface area contributed by atoms with Gasteiger partial charge in [-0.1, -0.05) is 12.1 Å². The van der Waals surface area contributed by atoms with E-state index in [1.807, 2.05) is 0 Å². The summed E-state index contributed by atoms with van der Waals surface area (Å²) in [5.74, 6) is 0. The SMILES string of the molecule is Nc1cccc(C(S)(CP(=O)(O)O)P(=O)(O)O)c1. The van der Waals surface area contributed by atoms with Crippen molar-refractivity contribution in [1.29, 1.82) is 0 Å². The summed E-state index contributed by atoms with van der Waals surface area (Å²) in [6.07, 6.45) is -1.09. The van der Waals surface area contributed by atoms with E-state index in [1.54, 1.807) is 0 Å². The van der Waals surface area contributed by atoms with Gasteiger partial charge in [-0.2, -0.15) is 12.6 Å².